The van der Waals surface area contributed by atoms with Crippen molar-refractivity contribution >= 4 is 48.3 Å². The number of sulfonamides is 1. The average Bonchev–Trinajstić information content (AvgIpc) is 3.00. The number of fused-ring (bicyclic) bond motifs is 1. The van der Waals surface area contributed by atoms with Gasteiger partial charge in [0.1, 0.15) is 15.6 Å². The quantitative estimate of drug-likeness (QED) is 0.597. The standard InChI is InChI=1S/C19H22BrNO5S2/c1-4-26-19(22)17-12-7-5-6-8-15(12)27-18(17)21-28(23,24)16-10-13(20)11(2)9-14(16)25-3/h9-10,21H,4-8H2,1-3H3. The summed E-state index contributed by atoms with van der Waals surface area (Å²) in [5.41, 5.74) is 2.11. The van der Waals surface area contributed by atoms with Gasteiger partial charge in [0.15, 0.2) is 0 Å². The smallest absolute Gasteiger partial charge is 0.341 e. The van der Waals surface area contributed by atoms with Crippen molar-refractivity contribution in [2.24, 2.45) is 0 Å². The largest absolute Gasteiger partial charge is 0.495 e. The van der Waals surface area contributed by atoms with Gasteiger partial charge in [-0.2, -0.15) is 0 Å². The lowest BCUT2D eigenvalue weighted by Gasteiger charge is -2.14. The number of hydrogen-bond acceptors (Lipinski definition) is 6. The number of halogens is 1. The van der Waals surface area contributed by atoms with E-state index in [0.29, 0.717) is 15.0 Å². The fourth-order valence-electron chi connectivity index (χ4n) is 3.24. The van der Waals surface area contributed by atoms with Crippen LogP contribution in [0.5, 0.6) is 5.75 Å². The van der Waals surface area contributed by atoms with Gasteiger partial charge >= 0.3 is 5.97 Å². The Balaban J connectivity index is 2.07. The van der Waals surface area contributed by atoms with Crippen LogP contribution in [-0.2, 0) is 27.6 Å². The van der Waals surface area contributed by atoms with Gasteiger partial charge in [-0.05, 0) is 62.8 Å². The highest BCUT2D eigenvalue weighted by Gasteiger charge is 2.30. The number of anilines is 1. The molecule has 1 heterocycles. The average molecular weight is 488 g/mol. The van der Waals surface area contributed by atoms with Crippen LogP contribution in [0, 0.1) is 6.92 Å². The molecule has 0 amide bonds. The van der Waals surface area contributed by atoms with Gasteiger partial charge < -0.3 is 9.47 Å². The van der Waals surface area contributed by atoms with E-state index in [4.69, 9.17) is 9.47 Å². The number of ether oxygens (including phenoxy) is 2. The third-order valence-electron chi connectivity index (χ3n) is 4.61. The zero-order chi connectivity index (χ0) is 20.5. The highest BCUT2D eigenvalue weighted by atomic mass is 79.9. The zero-order valence-electron chi connectivity index (χ0n) is 15.9. The summed E-state index contributed by atoms with van der Waals surface area (Å²) < 4.78 is 40.0. The topological polar surface area (TPSA) is 81.7 Å². The molecule has 9 heteroatoms. The molecule has 1 aromatic heterocycles. The van der Waals surface area contributed by atoms with Crippen molar-refractivity contribution in [2.75, 3.05) is 18.4 Å². The molecule has 0 atom stereocenters. The number of methoxy groups -OCH3 is 1. The third-order valence-corrected chi connectivity index (χ3v) is 8.17. The van der Waals surface area contributed by atoms with Gasteiger partial charge in [-0.1, -0.05) is 15.9 Å². The van der Waals surface area contributed by atoms with Crippen molar-refractivity contribution in [2.45, 2.75) is 44.4 Å². The Bertz CT molecular complexity index is 1010. The van der Waals surface area contributed by atoms with Crippen molar-refractivity contribution in [3.8, 4) is 5.75 Å². The molecule has 152 valence electrons. The Hall–Kier alpha value is -1.58. The summed E-state index contributed by atoms with van der Waals surface area (Å²) in [6.45, 7) is 3.81. The fraction of sp³-hybridized carbons (Fsp3) is 0.421. The number of carbonyl (C=O) groups excluding carboxylic acids is 1. The maximum Gasteiger partial charge on any atom is 0.341 e. The molecule has 0 unspecified atom stereocenters. The number of carbonyl (C=O) groups is 1. The second kappa shape index (κ2) is 8.42. The first-order valence-corrected chi connectivity index (χ1v) is 12.1. The Morgan fingerprint density at radius 1 is 1.29 bits per heavy atom. The molecule has 0 aliphatic heterocycles. The van der Waals surface area contributed by atoms with E-state index in [1.165, 1.54) is 24.5 Å². The lowest BCUT2D eigenvalue weighted by atomic mass is 9.95. The number of esters is 1. The van der Waals surface area contributed by atoms with Gasteiger partial charge in [0.05, 0.1) is 19.3 Å². The van der Waals surface area contributed by atoms with E-state index in [0.717, 1.165) is 41.7 Å². The van der Waals surface area contributed by atoms with Crippen molar-refractivity contribution in [3.63, 3.8) is 0 Å². The van der Waals surface area contributed by atoms with Gasteiger partial charge in [-0.15, -0.1) is 11.3 Å². The van der Waals surface area contributed by atoms with E-state index >= 15 is 0 Å². The van der Waals surface area contributed by atoms with Crippen LogP contribution in [0.4, 0.5) is 5.00 Å². The Kier molecular flexibility index (Phi) is 6.36. The van der Waals surface area contributed by atoms with Crippen molar-refractivity contribution in [1.29, 1.82) is 0 Å². The Labute approximate surface area is 177 Å². The van der Waals surface area contributed by atoms with E-state index in [2.05, 4.69) is 20.7 Å². The molecule has 1 aliphatic rings. The maximum atomic E-state index is 13.1. The van der Waals surface area contributed by atoms with E-state index in [-0.39, 0.29) is 17.3 Å². The van der Waals surface area contributed by atoms with Gasteiger partial charge in [-0.3, -0.25) is 4.72 Å². The SMILES string of the molecule is CCOC(=O)c1c(NS(=O)(=O)c2cc(Br)c(C)cc2OC)sc2c1CCCC2. The maximum absolute atomic E-state index is 13.1. The molecule has 6 nitrogen and oxygen atoms in total. The first kappa shape index (κ1) is 21.1. The fourth-order valence-corrected chi connectivity index (χ4v) is 6.50. The van der Waals surface area contributed by atoms with Crippen LogP contribution < -0.4 is 9.46 Å². The van der Waals surface area contributed by atoms with Crippen LogP contribution in [0.1, 0.15) is 46.1 Å². The molecular formula is C19H22BrNO5S2. The molecule has 0 bridgehead atoms. The molecule has 1 N–H and O–H groups in total. The Morgan fingerprint density at radius 2 is 2.00 bits per heavy atom. The monoisotopic (exact) mass is 487 g/mol. The minimum atomic E-state index is -3.97. The molecule has 0 spiro atoms. The molecule has 3 rings (SSSR count). The van der Waals surface area contributed by atoms with Crippen molar-refractivity contribution in [1.82, 2.24) is 0 Å². The molecule has 2 aromatic rings. The van der Waals surface area contributed by atoms with E-state index in [1.807, 2.05) is 6.92 Å². The van der Waals surface area contributed by atoms with E-state index < -0.39 is 16.0 Å². The van der Waals surface area contributed by atoms with Gasteiger partial charge in [0, 0.05) is 9.35 Å². The van der Waals surface area contributed by atoms with Crippen LogP contribution in [0.2, 0.25) is 0 Å². The summed E-state index contributed by atoms with van der Waals surface area (Å²) in [6.07, 6.45) is 3.59. The van der Waals surface area contributed by atoms with Gasteiger partial charge in [-0.25, -0.2) is 13.2 Å². The summed E-state index contributed by atoms with van der Waals surface area (Å²) in [7, 11) is -2.54. The van der Waals surface area contributed by atoms with E-state index in [9.17, 15) is 13.2 Å². The number of rotatable bonds is 6. The molecule has 0 radical (unpaired) electrons. The Morgan fingerprint density at radius 3 is 2.68 bits per heavy atom. The second-order valence-electron chi connectivity index (χ2n) is 6.49. The third kappa shape index (κ3) is 4.06. The molecule has 1 aromatic carbocycles. The van der Waals surface area contributed by atoms with Crippen LogP contribution in [0.25, 0.3) is 0 Å². The van der Waals surface area contributed by atoms with E-state index in [1.54, 1.807) is 13.0 Å². The first-order valence-electron chi connectivity index (χ1n) is 8.97. The van der Waals surface area contributed by atoms with Crippen LogP contribution >= 0.6 is 27.3 Å². The number of hydrogen-bond donors (Lipinski definition) is 1. The number of nitrogens with one attached hydrogen (secondary N) is 1. The number of thiophene rings is 1. The summed E-state index contributed by atoms with van der Waals surface area (Å²) in [5, 5.41) is 0.309. The summed E-state index contributed by atoms with van der Waals surface area (Å²) >= 11 is 4.69. The first-order chi connectivity index (χ1) is 13.3. The summed E-state index contributed by atoms with van der Waals surface area (Å²) in [5.74, 6) is -0.246. The number of benzene rings is 1. The molecule has 1 aliphatic carbocycles. The summed E-state index contributed by atoms with van der Waals surface area (Å²) in [6, 6.07) is 3.17. The zero-order valence-corrected chi connectivity index (χ0v) is 19.1. The van der Waals surface area contributed by atoms with Gasteiger partial charge in [0.25, 0.3) is 10.0 Å². The lowest BCUT2D eigenvalue weighted by molar-refractivity contribution is 0.0526. The summed E-state index contributed by atoms with van der Waals surface area (Å²) in [4.78, 5) is 13.6. The normalized spacial score (nSPS) is 13.7. The molecular weight excluding hydrogens is 466 g/mol. The van der Waals surface area contributed by atoms with Crippen LogP contribution in [0.3, 0.4) is 0 Å². The highest BCUT2D eigenvalue weighted by molar-refractivity contribution is 9.10. The molecule has 28 heavy (non-hydrogen) atoms. The highest BCUT2D eigenvalue weighted by Crippen LogP contribution is 2.40. The van der Waals surface area contributed by atoms with Crippen LogP contribution in [0.15, 0.2) is 21.5 Å². The lowest BCUT2D eigenvalue weighted by Crippen LogP contribution is -2.17. The minimum absolute atomic E-state index is 0.00801. The predicted molar refractivity (Wildman–Crippen MR) is 113 cm³/mol. The minimum Gasteiger partial charge on any atom is -0.495 e. The van der Waals surface area contributed by atoms with Crippen LogP contribution in [-0.4, -0.2) is 28.1 Å². The van der Waals surface area contributed by atoms with Crippen molar-refractivity contribution < 1.29 is 22.7 Å². The van der Waals surface area contributed by atoms with Gasteiger partial charge in [0.2, 0.25) is 0 Å². The van der Waals surface area contributed by atoms with Crippen molar-refractivity contribution in [3.05, 3.63) is 38.2 Å². The second-order valence-corrected chi connectivity index (χ2v) is 10.1. The molecule has 0 saturated heterocycles. The molecule has 0 saturated carbocycles. The predicted octanol–water partition coefficient (Wildman–Crippen LogP) is 4.68. The molecule has 0 fully saturated rings. The number of aryl methyl sites for hydroxylation is 2.